The van der Waals surface area contributed by atoms with E-state index in [2.05, 4.69) is 5.32 Å². The van der Waals surface area contributed by atoms with Crippen LogP contribution < -0.4 is 9.62 Å². The van der Waals surface area contributed by atoms with Crippen molar-refractivity contribution in [2.75, 3.05) is 17.4 Å². The fourth-order valence-corrected chi connectivity index (χ4v) is 6.35. The molecule has 0 saturated carbocycles. The highest BCUT2D eigenvalue weighted by molar-refractivity contribution is 7.92. The predicted octanol–water partition coefficient (Wildman–Crippen LogP) is 7.38. The number of anilines is 1. The summed E-state index contributed by atoms with van der Waals surface area (Å²) in [4.78, 5) is 28.8. The van der Waals surface area contributed by atoms with E-state index in [1.165, 1.54) is 35.2 Å². The van der Waals surface area contributed by atoms with Gasteiger partial charge in [0.05, 0.1) is 20.6 Å². The molecule has 7 nitrogen and oxygen atoms in total. The van der Waals surface area contributed by atoms with Crippen LogP contribution in [0, 0.1) is 12.8 Å². The molecule has 0 aliphatic heterocycles. The maximum absolute atomic E-state index is 14.1. The summed E-state index contributed by atoms with van der Waals surface area (Å²) in [5, 5.41) is 3.96. The summed E-state index contributed by atoms with van der Waals surface area (Å²) in [5.41, 5.74) is 1.56. The summed E-state index contributed by atoms with van der Waals surface area (Å²) in [6, 6.07) is 14.5. The maximum atomic E-state index is 14.1. The minimum Gasteiger partial charge on any atom is -0.354 e. The van der Waals surface area contributed by atoms with Crippen molar-refractivity contribution < 1.29 is 18.0 Å². The average Bonchev–Trinajstić information content (AvgIpc) is 2.93. The van der Waals surface area contributed by atoms with Gasteiger partial charge in [-0.15, -0.1) is 0 Å². The Morgan fingerprint density at radius 3 is 2.12 bits per heavy atom. The molecule has 226 valence electrons. The van der Waals surface area contributed by atoms with Crippen LogP contribution in [0.15, 0.2) is 65.6 Å². The molecule has 2 amide bonds. The zero-order chi connectivity index (χ0) is 31.2. The monoisotopic (exact) mass is 671 g/mol. The van der Waals surface area contributed by atoms with Crippen LogP contribution in [0.5, 0.6) is 0 Å². The van der Waals surface area contributed by atoms with E-state index in [1.54, 1.807) is 37.3 Å². The Hall–Kier alpha value is -2.49. The maximum Gasteiger partial charge on any atom is 0.264 e. The van der Waals surface area contributed by atoms with Crippen LogP contribution in [0.2, 0.25) is 20.1 Å². The fourth-order valence-electron chi connectivity index (χ4n) is 4.18. The van der Waals surface area contributed by atoms with Crippen LogP contribution in [0.4, 0.5) is 5.69 Å². The number of amides is 2. The Bertz CT molecular complexity index is 1530. The number of carbonyl (C=O) groups is 2. The molecular formula is C30H33Cl4N3O4S. The minimum atomic E-state index is -4.25. The quantitative estimate of drug-likeness (QED) is 0.218. The molecule has 0 aliphatic carbocycles. The number of benzene rings is 3. The highest BCUT2D eigenvalue weighted by Gasteiger charge is 2.34. The number of nitrogens with zero attached hydrogens (tertiary/aromatic N) is 2. The average molecular weight is 673 g/mol. The Morgan fingerprint density at radius 1 is 0.881 bits per heavy atom. The number of nitrogens with one attached hydrogen (secondary N) is 1. The minimum absolute atomic E-state index is 0.0130. The van der Waals surface area contributed by atoms with Gasteiger partial charge in [0.2, 0.25) is 11.8 Å². The second-order valence-electron chi connectivity index (χ2n) is 10.2. The molecule has 0 heterocycles. The number of halogens is 4. The summed E-state index contributed by atoms with van der Waals surface area (Å²) in [7, 11) is -4.25. The van der Waals surface area contributed by atoms with Crippen molar-refractivity contribution in [3.63, 3.8) is 0 Å². The second-order valence-corrected chi connectivity index (χ2v) is 13.8. The molecule has 42 heavy (non-hydrogen) atoms. The number of aryl methyl sites for hydroxylation is 1. The van der Waals surface area contributed by atoms with Gasteiger partial charge in [0.25, 0.3) is 10.0 Å². The summed E-state index contributed by atoms with van der Waals surface area (Å²) < 4.78 is 28.9. The van der Waals surface area contributed by atoms with E-state index in [9.17, 15) is 18.0 Å². The lowest BCUT2D eigenvalue weighted by molar-refractivity contribution is -0.140. The Balaban J connectivity index is 2.09. The third-order valence-corrected chi connectivity index (χ3v) is 9.62. The summed E-state index contributed by atoms with van der Waals surface area (Å²) in [5.74, 6) is -0.785. The van der Waals surface area contributed by atoms with E-state index in [0.29, 0.717) is 22.2 Å². The largest absolute Gasteiger partial charge is 0.354 e. The van der Waals surface area contributed by atoms with Crippen LogP contribution in [0.3, 0.4) is 0 Å². The van der Waals surface area contributed by atoms with Crippen molar-refractivity contribution in [1.82, 2.24) is 10.2 Å². The normalized spacial score (nSPS) is 12.2. The van der Waals surface area contributed by atoms with Gasteiger partial charge >= 0.3 is 0 Å². The number of sulfonamides is 1. The van der Waals surface area contributed by atoms with Gasteiger partial charge in [-0.2, -0.15) is 0 Å². The summed E-state index contributed by atoms with van der Waals surface area (Å²) >= 11 is 24.9. The summed E-state index contributed by atoms with van der Waals surface area (Å²) in [6.07, 6.45) is 0.276. The Labute approximate surface area is 267 Å². The lowest BCUT2D eigenvalue weighted by Crippen LogP contribution is -2.52. The highest BCUT2D eigenvalue weighted by atomic mass is 35.5. The standard InChI is InChI=1S/C30H33Cl4N3O4S/c1-5-28(30(39)35-16-19(2)3)36(17-21-8-9-22(31)14-26(21)33)29(38)18-37(23-10-13-25(32)27(34)15-23)42(40,41)24-11-6-20(4)7-12-24/h6-15,19,28H,5,16-18H2,1-4H3,(H,35,39). The topological polar surface area (TPSA) is 86.8 Å². The first kappa shape index (κ1) is 34.0. The van der Waals surface area contributed by atoms with E-state index in [0.717, 1.165) is 9.87 Å². The zero-order valence-electron chi connectivity index (χ0n) is 23.7. The van der Waals surface area contributed by atoms with Crippen molar-refractivity contribution in [1.29, 1.82) is 0 Å². The molecule has 1 N–H and O–H groups in total. The smallest absolute Gasteiger partial charge is 0.264 e. The van der Waals surface area contributed by atoms with Gasteiger partial charge in [0.1, 0.15) is 12.6 Å². The van der Waals surface area contributed by atoms with Crippen LogP contribution >= 0.6 is 46.4 Å². The van der Waals surface area contributed by atoms with E-state index < -0.39 is 28.5 Å². The van der Waals surface area contributed by atoms with E-state index in [1.807, 2.05) is 20.8 Å². The van der Waals surface area contributed by atoms with Crippen LogP contribution in [0.25, 0.3) is 0 Å². The van der Waals surface area contributed by atoms with Crippen molar-refractivity contribution in [3.05, 3.63) is 91.9 Å². The molecule has 1 atom stereocenters. The number of rotatable bonds is 12. The molecule has 0 fully saturated rings. The van der Waals surface area contributed by atoms with Gasteiger partial charge in [-0.05, 0) is 67.3 Å². The van der Waals surface area contributed by atoms with Crippen LogP contribution in [0.1, 0.15) is 38.3 Å². The molecule has 1 unspecified atom stereocenters. The SMILES string of the molecule is CCC(C(=O)NCC(C)C)N(Cc1ccc(Cl)cc1Cl)C(=O)CN(c1ccc(Cl)c(Cl)c1)S(=O)(=O)c1ccc(C)cc1. The molecule has 3 aromatic carbocycles. The first-order chi connectivity index (χ1) is 19.7. The first-order valence-corrected chi connectivity index (χ1v) is 16.2. The van der Waals surface area contributed by atoms with Crippen molar-refractivity contribution >= 4 is 73.9 Å². The van der Waals surface area contributed by atoms with Gasteiger partial charge < -0.3 is 10.2 Å². The van der Waals surface area contributed by atoms with E-state index >= 15 is 0 Å². The lowest BCUT2D eigenvalue weighted by atomic mass is 10.1. The molecule has 0 radical (unpaired) electrons. The van der Waals surface area contributed by atoms with Crippen molar-refractivity contribution in [2.24, 2.45) is 5.92 Å². The van der Waals surface area contributed by atoms with Crippen LogP contribution in [-0.4, -0.2) is 44.3 Å². The van der Waals surface area contributed by atoms with Gasteiger partial charge in [-0.25, -0.2) is 8.42 Å². The van der Waals surface area contributed by atoms with E-state index in [-0.39, 0.29) is 45.4 Å². The Kier molecular flexibility index (Phi) is 12.0. The number of hydrogen-bond acceptors (Lipinski definition) is 4. The molecule has 0 saturated heterocycles. The first-order valence-electron chi connectivity index (χ1n) is 13.3. The molecular weight excluding hydrogens is 640 g/mol. The lowest BCUT2D eigenvalue weighted by Gasteiger charge is -2.33. The van der Waals surface area contributed by atoms with Gasteiger partial charge in [0.15, 0.2) is 0 Å². The molecule has 0 aliphatic rings. The molecule has 0 bridgehead atoms. The zero-order valence-corrected chi connectivity index (χ0v) is 27.5. The van der Waals surface area contributed by atoms with Gasteiger partial charge in [-0.3, -0.25) is 13.9 Å². The highest BCUT2D eigenvalue weighted by Crippen LogP contribution is 2.31. The third-order valence-electron chi connectivity index (χ3n) is 6.51. The molecule has 12 heteroatoms. The third kappa shape index (κ3) is 8.54. The molecule has 0 aromatic heterocycles. The Morgan fingerprint density at radius 2 is 1.55 bits per heavy atom. The summed E-state index contributed by atoms with van der Waals surface area (Å²) in [6.45, 7) is 7.28. The number of hydrogen-bond donors (Lipinski definition) is 1. The van der Waals surface area contributed by atoms with E-state index in [4.69, 9.17) is 46.4 Å². The fraction of sp³-hybridized carbons (Fsp3) is 0.333. The molecule has 3 aromatic rings. The molecule has 3 rings (SSSR count). The number of carbonyl (C=O) groups excluding carboxylic acids is 2. The predicted molar refractivity (Wildman–Crippen MR) is 171 cm³/mol. The van der Waals surface area contributed by atoms with Gasteiger partial charge in [0, 0.05) is 23.1 Å². The second kappa shape index (κ2) is 14.8. The van der Waals surface area contributed by atoms with Crippen molar-refractivity contribution in [3.8, 4) is 0 Å². The van der Waals surface area contributed by atoms with Crippen LogP contribution in [-0.2, 0) is 26.2 Å². The van der Waals surface area contributed by atoms with Gasteiger partial charge in [-0.1, -0.05) is 90.9 Å². The molecule has 0 spiro atoms. The van der Waals surface area contributed by atoms with Crippen molar-refractivity contribution in [2.45, 2.75) is 51.6 Å².